The fraction of sp³-hybridized carbons (Fsp3) is 0.273. The van der Waals surface area contributed by atoms with E-state index in [2.05, 4.69) is 16.5 Å². The molecule has 0 spiro atoms. The Hall–Kier alpha value is -2.95. The van der Waals surface area contributed by atoms with Crippen LogP contribution in [0.15, 0.2) is 67.0 Å². The fourth-order valence-electron chi connectivity index (χ4n) is 3.76. The second kappa shape index (κ2) is 7.35. The van der Waals surface area contributed by atoms with Crippen molar-refractivity contribution < 1.29 is 9.18 Å². The summed E-state index contributed by atoms with van der Waals surface area (Å²) in [5, 5.41) is 7.34. The summed E-state index contributed by atoms with van der Waals surface area (Å²) >= 11 is 0. The SMILES string of the molecule is O=C(NCc1ccccc1Cn1cccn1)C1(c2cccc(F)c2)CCC1. The van der Waals surface area contributed by atoms with Crippen molar-refractivity contribution in [2.75, 3.05) is 0 Å². The van der Waals surface area contributed by atoms with Crippen LogP contribution in [0.5, 0.6) is 0 Å². The maximum atomic E-state index is 13.7. The quantitative estimate of drug-likeness (QED) is 0.724. The molecule has 1 aliphatic carbocycles. The Labute approximate surface area is 158 Å². The van der Waals surface area contributed by atoms with E-state index in [1.165, 1.54) is 12.1 Å². The molecule has 0 aliphatic heterocycles. The molecule has 138 valence electrons. The maximum Gasteiger partial charge on any atom is 0.230 e. The Bertz CT molecular complexity index is 932. The summed E-state index contributed by atoms with van der Waals surface area (Å²) in [5.41, 5.74) is 2.36. The molecule has 0 saturated heterocycles. The first-order valence-electron chi connectivity index (χ1n) is 9.26. The molecule has 0 radical (unpaired) electrons. The lowest BCUT2D eigenvalue weighted by molar-refractivity contribution is -0.130. The second-order valence-electron chi connectivity index (χ2n) is 7.10. The van der Waals surface area contributed by atoms with Gasteiger partial charge in [0.2, 0.25) is 5.91 Å². The molecule has 27 heavy (non-hydrogen) atoms. The van der Waals surface area contributed by atoms with Gasteiger partial charge in [-0.15, -0.1) is 0 Å². The van der Waals surface area contributed by atoms with E-state index in [1.807, 2.05) is 41.2 Å². The van der Waals surface area contributed by atoms with Crippen LogP contribution in [0.25, 0.3) is 0 Å². The standard InChI is InChI=1S/C22H22FN3O/c23-20-9-3-8-19(14-20)22(10-4-11-22)21(27)24-15-17-6-1-2-7-18(17)16-26-13-5-12-25-26/h1-3,5-9,12-14H,4,10-11,15-16H2,(H,24,27). The van der Waals surface area contributed by atoms with E-state index in [4.69, 9.17) is 0 Å². The number of amides is 1. The molecule has 1 N–H and O–H groups in total. The molecular weight excluding hydrogens is 341 g/mol. The minimum Gasteiger partial charge on any atom is -0.351 e. The minimum absolute atomic E-state index is 0.0201. The zero-order chi connectivity index (χ0) is 18.7. The zero-order valence-electron chi connectivity index (χ0n) is 15.1. The molecule has 1 fully saturated rings. The van der Waals surface area contributed by atoms with Gasteiger partial charge in [-0.25, -0.2) is 4.39 Å². The number of aromatic nitrogens is 2. The van der Waals surface area contributed by atoms with Crippen LogP contribution < -0.4 is 5.32 Å². The predicted octanol–water partition coefficient (Wildman–Crippen LogP) is 3.81. The molecular formula is C22H22FN3O. The Morgan fingerprint density at radius 3 is 2.59 bits per heavy atom. The highest BCUT2D eigenvalue weighted by Crippen LogP contribution is 2.44. The molecule has 0 unspecified atom stereocenters. The molecule has 0 atom stereocenters. The predicted molar refractivity (Wildman–Crippen MR) is 102 cm³/mol. The van der Waals surface area contributed by atoms with E-state index in [-0.39, 0.29) is 11.7 Å². The van der Waals surface area contributed by atoms with Crippen LogP contribution >= 0.6 is 0 Å². The molecule has 1 amide bonds. The molecule has 1 saturated carbocycles. The minimum atomic E-state index is -0.598. The number of nitrogens with zero attached hydrogens (tertiary/aromatic N) is 2. The van der Waals surface area contributed by atoms with Crippen LogP contribution in [-0.2, 0) is 23.3 Å². The van der Waals surface area contributed by atoms with Crippen molar-refractivity contribution in [3.05, 3.63) is 89.5 Å². The van der Waals surface area contributed by atoms with Gasteiger partial charge in [0.1, 0.15) is 5.82 Å². The first-order valence-corrected chi connectivity index (χ1v) is 9.26. The van der Waals surface area contributed by atoms with Crippen molar-refractivity contribution in [2.45, 2.75) is 37.8 Å². The van der Waals surface area contributed by atoms with E-state index in [1.54, 1.807) is 12.3 Å². The van der Waals surface area contributed by atoms with E-state index in [0.717, 1.165) is 36.0 Å². The van der Waals surface area contributed by atoms with Crippen LogP contribution in [0.2, 0.25) is 0 Å². The number of hydrogen-bond donors (Lipinski definition) is 1. The highest BCUT2D eigenvalue weighted by molar-refractivity contribution is 5.89. The van der Waals surface area contributed by atoms with Crippen molar-refractivity contribution in [1.82, 2.24) is 15.1 Å². The maximum absolute atomic E-state index is 13.7. The molecule has 4 rings (SSSR count). The van der Waals surface area contributed by atoms with Gasteiger partial charge >= 0.3 is 0 Å². The zero-order valence-corrected chi connectivity index (χ0v) is 15.1. The largest absolute Gasteiger partial charge is 0.351 e. The summed E-state index contributed by atoms with van der Waals surface area (Å²) in [4.78, 5) is 13.0. The van der Waals surface area contributed by atoms with Gasteiger partial charge in [-0.2, -0.15) is 5.10 Å². The van der Waals surface area contributed by atoms with E-state index >= 15 is 0 Å². The van der Waals surface area contributed by atoms with Crippen LogP contribution in [-0.4, -0.2) is 15.7 Å². The number of hydrogen-bond acceptors (Lipinski definition) is 2. The molecule has 0 bridgehead atoms. The van der Waals surface area contributed by atoms with Crippen molar-refractivity contribution >= 4 is 5.91 Å². The summed E-state index contributed by atoms with van der Waals surface area (Å²) < 4.78 is 15.5. The lowest BCUT2D eigenvalue weighted by atomic mass is 9.63. The Morgan fingerprint density at radius 1 is 1.11 bits per heavy atom. The third kappa shape index (κ3) is 3.50. The Kier molecular flexibility index (Phi) is 4.75. The van der Waals surface area contributed by atoms with Gasteiger partial charge in [0, 0.05) is 18.9 Å². The molecule has 1 aromatic heterocycles. The van der Waals surface area contributed by atoms with Gasteiger partial charge in [0.25, 0.3) is 0 Å². The first kappa shape index (κ1) is 17.5. The van der Waals surface area contributed by atoms with Crippen LogP contribution in [0.4, 0.5) is 4.39 Å². The lowest BCUT2D eigenvalue weighted by Gasteiger charge is -2.40. The van der Waals surface area contributed by atoms with Gasteiger partial charge in [-0.3, -0.25) is 9.48 Å². The average molecular weight is 363 g/mol. The fourth-order valence-corrected chi connectivity index (χ4v) is 3.76. The summed E-state index contributed by atoms with van der Waals surface area (Å²) in [7, 11) is 0. The van der Waals surface area contributed by atoms with Gasteiger partial charge in [0.05, 0.1) is 12.0 Å². The molecule has 5 heteroatoms. The molecule has 2 aromatic carbocycles. The smallest absolute Gasteiger partial charge is 0.230 e. The second-order valence-corrected chi connectivity index (χ2v) is 7.10. The van der Waals surface area contributed by atoms with Crippen molar-refractivity contribution in [3.8, 4) is 0 Å². The highest BCUT2D eigenvalue weighted by atomic mass is 19.1. The lowest BCUT2D eigenvalue weighted by Crippen LogP contribution is -2.49. The summed E-state index contributed by atoms with van der Waals surface area (Å²) in [5.74, 6) is -0.315. The number of nitrogens with one attached hydrogen (secondary N) is 1. The van der Waals surface area contributed by atoms with E-state index < -0.39 is 5.41 Å². The summed E-state index contributed by atoms with van der Waals surface area (Å²) in [6.07, 6.45) is 6.18. The van der Waals surface area contributed by atoms with Gasteiger partial charge in [0.15, 0.2) is 0 Å². The molecule has 1 aliphatic rings. The normalized spacial score (nSPS) is 15.1. The van der Waals surface area contributed by atoms with Gasteiger partial charge in [-0.1, -0.05) is 42.8 Å². The average Bonchev–Trinajstić information content (AvgIpc) is 3.13. The third-order valence-corrected chi connectivity index (χ3v) is 5.47. The first-order chi connectivity index (χ1) is 13.2. The van der Waals surface area contributed by atoms with Crippen molar-refractivity contribution in [2.24, 2.45) is 0 Å². The summed E-state index contributed by atoms with van der Waals surface area (Å²) in [6.45, 7) is 1.11. The van der Waals surface area contributed by atoms with Crippen molar-refractivity contribution in [3.63, 3.8) is 0 Å². The monoisotopic (exact) mass is 363 g/mol. The van der Waals surface area contributed by atoms with Crippen LogP contribution in [0.1, 0.15) is 36.0 Å². The number of benzene rings is 2. The van der Waals surface area contributed by atoms with Gasteiger partial charge < -0.3 is 5.32 Å². The molecule has 4 nitrogen and oxygen atoms in total. The highest BCUT2D eigenvalue weighted by Gasteiger charge is 2.45. The van der Waals surface area contributed by atoms with E-state index in [0.29, 0.717) is 13.1 Å². The topological polar surface area (TPSA) is 46.9 Å². The number of carbonyl (C=O) groups excluding carboxylic acids is 1. The number of halogens is 1. The van der Waals surface area contributed by atoms with Crippen LogP contribution in [0, 0.1) is 5.82 Å². The van der Waals surface area contributed by atoms with Crippen molar-refractivity contribution in [1.29, 1.82) is 0 Å². The molecule has 3 aromatic rings. The Balaban J connectivity index is 1.49. The number of rotatable bonds is 6. The third-order valence-electron chi connectivity index (χ3n) is 5.47. The molecule has 1 heterocycles. The van der Waals surface area contributed by atoms with Crippen LogP contribution in [0.3, 0.4) is 0 Å². The Morgan fingerprint density at radius 2 is 1.93 bits per heavy atom. The number of carbonyl (C=O) groups is 1. The van der Waals surface area contributed by atoms with E-state index in [9.17, 15) is 9.18 Å². The summed E-state index contributed by atoms with van der Waals surface area (Å²) in [6, 6.07) is 16.4. The van der Waals surface area contributed by atoms with Gasteiger partial charge in [-0.05, 0) is 47.7 Å².